The minimum Gasteiger partial charge on any atom is -0.462 e. The van der Waals surface area contributed by atoms with Crippen LogP contribution in [-0.4, -0.2) is 38.7 Å². The molecule has 0 aliphatic heterocycles. The molecule has 0 radical (unpaired) electrons. The van der Waals surface area contributed by atoms with Crippen LogP contribution >= 0.6 is 22.7 Å². The first kappa shape index (κ1) is 21.8. The number of rotatable bonds is 7. The third-order valence-corrected chi connectivity index (χ3v) is 6.45. The van der Waals surface area contributed by atoms with E-state index in [0.717, 1.165) is 16.0 Å². The molecule has 0 atom stereocenters. The number of ether oxygens (including phenoxy) is 1. The van der Waals surface area contributed by atoms with Gasteiger partial charge in [0.15, 0.2) is 5.82 Å². The zero-order chi connectivity index (χ0) is 22.7. The van der Waals surface area contributed by atoms with Crippen molar-refractivity contribution in [2.75, 3.05) is 11.9 Å². The van der Waals surface area contributed by atoms with Gasteiger partial charge in [0.25, 0.3) is 5.91 Å². The molecule has 0 saturated heterocycles. The molecule has 0 aliphatic rings. The molecule has 0 saturated carbocycles. The number of hydrogen-bond acceptors (Lipinski definition) is 8. The Kier molecular flexibility index (Phi) is 6.42. The number of nitrogens with one attached hydrogen (secondary N) is 1. The first-order chi connectivity index (χ1) is 15.5. The van der Waals surface area contributed by atoms with E-state index < -0.39 is 5.97 Å². The number of benzene rings is 1. The highest BCUT2D eigenvalue weighted by Gasteiger charge is 2.24. The van der Waals surface area contributed by atoms with Gasteiger partial charge < -0.3 is 10.1 Å². The number of carbonyl (C=O) groups is 2. The van der Waals surface area contributed by atoms with E-state index in [1.807, 2.05) is 42.8 Å². The molecule has 0 bridgehead atoms. The van der Waals surface area contributed by atoms with Crippen molar-refractivity contribution >= 4 is 39.6 Å². The number of hydrogen-bond donors (Lipinski definition) is 1. The largest absolute Gasteiger partial charge is 0.462 e. The van der Waals surface area contributed by atoms with Crippen LogP contribution in [0.1, 0.15) is 47.5 Å². The second kappa shape index (κ2) is 9.41. The third-order valence-electron chi connectivity index (χ3n) is 4.65. The number of anilines is 1. The summed E-state index contributed by atoms with van der Waals surface area (Å²) >= 11 is 2.82. The van der Waals surface area contributed by atoms with Crippen LogP contribution in [0.4, 0.5) is 5.00 Å². The summed E-state index contributed by atoms with van der Waals surface area (Å²) in [5, 5.41) is 19.0. The molecule has 1 N–H and O–H groups in total. The number of thiophene rings is 2. The molecular formula is C22H21N5O3S2. The summed E-state index contributed by atoms with van der Waals surface area (Å²) in [4.78, 5) is 26.7. The van der Waals surface area contributed by atoms with Gasteiger partial charge in [0.05, 0.1) is 12.6 Å². The van der Waals surface area contributed by atoms with E-state index in [2.05, 4.69) is 20.8 Å². The second-order valence-electron chi connectivity index (χ2n) is 7.13. The maximum absolute atomic E-state index is 13.1. The van der Waals surface area contributed by atoms with E-state index >= 15 is 0 Å². The van der Waals surface area contributed by atoms with Crippen molar-refractivity contribution in [1.29, 1.82) is 0 Å². The Hall–Kier alpha value is -3.37. The lowest BCUT2D eigenvalue weighted by Crippen LogP contribution is -2.15. The lowest BCUT2D eigenvalue weighted by atomic mass is 10.1. The number of tetrazole rings is 1. The van der Waals surface area contributed by atoms with Crippen molar-refractivity contribution in [1.82, 2.24) is 20.2 Å². The van der Waals surface area contributed by atoms with Crippen LogP contribution in [-0.2, 0) is 4.74 Å². The maximum Gasteiger partial charge on any atom is 0.341 e. The van der Waals surface area contributed by atoms with Gasteiger partial charge in [-0.2, -0.15) is 0 Å². The quantitative estimate of drug-likeness (QED) is 0.378. The zero-order valence-corrected chi connectivity index (χ0v) is 19.4. The molecule has 3 heterocycles. The summed E-state index contributed by atoms with van der Waals surface area (Å²) in [6, 6.07) is 11.0. The number of amides is 1. The average Bonchev–Trinajstić information content (AvgIpc) is 3.53. The third kappa shape index (κ3) is 4.32. The molecule has 32 heavy (non-hydrogen) atoms. The molecule has 8 nitrogen and oxygen atoms in total. The first-order valence-corrected chi connectivity index (χ1v) is 11.8. The Morgan fingerprint density at radius 3 is 2.75 bits per heavy atom. The molecule has 4 aromatic rings. The number of esters is 1. The molecule has 4 rings (SSSR count). The van der Waals surface area contributed by atoms with Crippen molar-refractivity contribution in [3.05, 3.63) is 58.3 Å². The van der Waals surface area contributed by atoms with Gasteiger partial charge in [-0.05, 0) is 54.8 Å². The maximum atomic E-state index is 13.1. The molecule has 0 unspecified atom stereocenters. The van der Waals surface area contributed by atoms with Crippen molar-refractivity contribution in [3.63, 3.8) is 0 Å². The van der Waals surface area contributed by atoms with Gasteiger partial charge in [-0.3, -0.25) is 4.79 Å². The Labute approximate surface area is 192 Å². The summed E-state index contributed by atoms with van der Waals surface area (Å²) in [5.74, 6) is -0.212. The fourth-order valence-corrected chi connectivity index (χ4v) is 4.94. The van der Waals surface area contributed by atoms with Crippen LogP contribution in [0.15, 0.2) is 47.2 Å². The van der Waals surface area contributed by atoms with Crippen LogP contribution in [0, 0.1) is 0 Å². The number of aromatic nitrogens is 4. The van der Waals surface area contributed by atoms with Gasteiger partial charge in [0.2, 0.25) is 0 Å². The van der Waals surface area contributed by atoms with Crippen LogP contribution in [0.2, 0.25) is 0 Å². The van der Waals surface area contributed by atoms with Gasteiger partial charge in [-0.25, -0.2) is 9.48 Å². The molecule has 0 fully saturated rings. The zero-order valence-electron chi connectivity index (χ0n) is 17.7. The Balaban J connectivity index is 1.65. The van der Waals surface area contributed by atoms with E-state index in [0.29, 0.717) is 22.0 Å². The van der Waals surface area contributed by atoms with Gasteiger partial charge >= 0.3 is 5.97 Å². The first-order valence-electron chi connectivity index (χ1n) is 10.0. The lowest BCUT2D eigenvalue weighted by Gasteiger charge is -2.10. The molecule has 3 aromatic heterocycles. The molecule has 0 spiro atoms. The summed E-state index contributed by atoms with van der Waals surface area (Å²) in [5.41, 5.74) is 2.28. The predicted molar refractivity (Wildman–Crippen MR) is 125 cm³/mol. The molecule has 10 heteroatoms. The van der Waals surface area contributed by atoms with Crippen LogP contribution < -0.4 is 5.32 Å². The molecule has 0 aliphatic carbocycles. The lowest BCUT2D eigenvalue weighted by molar-refractivity contribution is 0.0529. The molecule has 164 valence electrons. The Bertz CT molecular complexity index is 1240. The predicted octanol–water partition coefficient (Wildman–Crippen LogP) is 5.14. The van der Waals surface area contributed by atoms with E-state index in [9.17, 15) is 9.59 Å². The van der Waals surface area contributed by atoms with E-state index in [4.69, 9.17) is 4.74 Å². The minimum absolute atomic E-state index is 0.0754. The average molecular weight is 468 g/mol. The highest BCUT2D eigenvalue weighted by Crippen LogP contribution is 2.38. The van der Waals surface area contributed by atoms with Crippen molar-refractivity contribution in [2.45, 2.75) is 26.8 Å². The SMILES string of the molecule is CCOC(=O)c1c(-c2cccs2)csc1NC(=O)c1cccc(-c2nnnn2C(C)C)c1. The Morgan fingerprint density at radius 2 is 2.03 bits per heavy atom. The summed E-state index contributed by atoms with van der Waals surface area (Å²) in [6.07, 6.45) is 0. The van der Waals surface area contributed by atoms with Crippen molar-refractivity contribution in [3.8, 4) is 21.8 Å². The van der Waals surface area contributed by atoms with Crippen LogP contribution in [0.25, 0.3) is 21.8 Å². The second-order valence-corrected chi connectivity index (χ2v) is 8.95. The standard InChI is InChI=1S/C22H21N5O3S2/c1-4-30-22(29)18-16(17-9-6-10-31-17)12-32-21(18)23-20(28)15-8-5-7-14(11-15)19-24-25-26-27(19)13(2)3/h5-13H,4H2,1-3H3,(H,23,28). The van der Waals surface area contributed by atoms with E-state index in [-0.39, 0.29) is 18.6 Å². The minimum atomic E-state index is -0.461. The fourth-order valence-electron chi connectivity index (χ4n) is 3.18. The van der Waals surface area contributed by atoms with Gasteiger partial charge in [0.1, 0.15) is 10.6 Å². The van der Waals surface area contributed by atoms with Gasteiger partial charge in [-0.1, -0.05) is 18.2 Å². The normalized spacial score (nSPS) is 11.0. The van der Waals surface area contributed by atoms with E-state index in [1.54, 1.807) is 29.8 Å². The van der Waals surface area contributed by atoms with Crippen LogP contribution in [0.5, 0.6) is 0 Å². The summed E-state index contributed by atoms with van der Waals surface area (Å²) in [7, 11) is 0. The smallest absolute Gasteiger partial charge is 0.341 e. The monoisotopic (exact) mass is 467 g/mol. The molecule has 1 aromatic carbocycles. The van der Waals surface area contributed by atoms with Crippen LogP contribution in [0.3, 0.4) is 0 Å². The van der Waals surface area contributed by atoms with Crippen molar-refractivity contribution in [2.24, 2.45) is 0 Å². The van der Waals surface area contributed by atoms with E-state index in [1.165, 1.54) is 22.7 Å². The summed E-state index contributed by atoms with van der Waals surface area (Å²) < 4.78 is 6.95. The highest BCUT2D eigenvalue weighted by atomic mass is 32.1. The van der Waals surface area contributed by atoms with Crippen molar-refractivity contribution < 1.29 is 14.3 Å². The fraction of sp³-hybridized carbons (Fsp3) is 0.227. The highest BCUT2D eigenvalue weighted by molar-refractivity contribution is 7.17. The molecular weight excluding hydrogens is 446 g/mol. The number of nitrogens with zero attached hydrogens (tertiary/aromatic N) is 4. The molecule has 1 amide bonds. The Morgan fingerprint density at radius 1 is 1.19 bits per heavy atom. The number of carbonyl (C=O) groups excluding carboxylic acids is 2. The van der Waals surface area contributed by atoms with Gasteiger partial charge in [0, 0.05) is 26.9 Å². The topological polar surface area (TPSA) is 99.0 Å². The van der Waals surface area contributed by atoms with Gasteiger partial charge in [-0.15, -0.1) is 27.8 Å². The summed E-state index contributed by atoms with van der Waals surface area (Å²) in [6.45, 7) is 5.97.